The fraction of sp³-hybridized carbons (Fsp3) is 0.523. The SMILES string of the molecule is Cc1c(-c2ccc(N3CCc4cccc(C(=O)Nc5nc6ccccc6s5)c4C3)nc2C(=O)O)cnn1CC12CC3(C)CC(C)(C1)CC(OCCNC(C[C@H](O)[C@H](O)CO)C(=O)OCc1ccc(CCCCN)cc1O[C@@H]1O[C@H](C(=O)O)C(O)[C@H](O)[C@H]1O)(C3)C2. The number of aliphatic carboxylic acids is 1. The Morgan fingerprint density at radius 3 is 2.39 bits per heavy atom. The third kappa shape index (κ3) is 13.6. The lowest BCUT2D eigenvalue weighted by Gasteiger charge is -2.69. The van der Waals surface area contributed by atoms with E-state index in [1.807, 2.05) is 59.0 Å². The lowest BCUT2D eigenvalue weighted by molar-refractivity contribution is -0.271. The third-order valence-electron chi connectivity index (χ3n) is 18.7. The van der Waals surface area contributed by atoms with Gasteiger partial charge in [-0.3, -0.25) is 19.6 Å². The standard InChI is InChI=1S/C65H80N8O16S/c1-36-42(40-16-17-50(70-51(40)57(81)82)72-21-18-38-10-8-11-41(43(38)26-72)56(80)71-61-69-44-12-4-5-13-49(44)90-61)25-68-73(36)35-64-30-62(2)29-63(3,31-64)33-65(32-62,34-64)87-22-20-67-45(24-46(75)47(76)27-74)59(85)86-28-39-15-14-37(9-6-7-19-66)23-48(39)88-60-54(79)52(77)53(78)55(89-60)58(83)84/h4-5,8,10-17,23,25,45-47,52-55,60,67,74-79H,6-7,9,18-22,24,26-35,66H2,1-3H3,(H,81,82)(H,83,84)(H,69,71,80)/t45?,46-,47+,52-,53?,54+,55-,60+,62?,63?,64?,65?/m0/s1. The number of hydrogen-bond acceptors (Lipinski definition) is 21. The minimum absolute atomic E-state index is 0.0372. The average Bonchev–Trinajstić information content (AvgIpc) is 0.762. The molecule has 5 heterocycles. The van der Waals surface area contributed by atoms with E-state index < -0.39 is 85.7 Å². The largest absolute Gasteiger partial charge is 0.479 e. The molecule has 25 heteroatoms. The van der Waals surface area contributed by atoms with E-state index in [2.05, 4.69) is 29.5 Å². The lowest BCUT2D eigenvalue weighted by atomic mass is 9.39. The second-order valence-corrected chi connectivity index (χ2v) is 27.2. The number of nitrogens with one attached hydrogen (secondary N) is 2. The van der Waals surface area contributed by atoms with Crippen molar-refractivity contribution < 1.29 is 79.0 Å². The number of carbonyl (C=O) groups excluding carboxylic acids is 2. The van der Waals surface area contributed by atoms with Crippen LogP contribution in [0.25, 0.3) is 21.3 Å². The molecule has 6 aromatic rings. The van der Waals surface area contributed by atoms with Gasteiger partial charge in [-0.05, 0) is 147 Å². The van der Waals surface area contributed by atoms with Crippen LogP contribution in [0.1, 0.15) is 120 Å². The molecule has 0 spiro atoms. The first-order valence-electron chi connectivity index (χ1n) is 30.7. The number of carbonyl (C=O) groups is 4. The minimum atomic E-state index is -1.95. The quantitative estimate of drug-likeness (QED) is 0.0255. The van der Waals surface area contributed by atoms with Crippen molar-refractivity contribution in [2.24, 2.45) is 22.0 Å². The van der Waals surface area contributed by atoms with E-state index in [9.17, 15) is 60.0 Å². The number of para-hydroxylation sites is 1. The van der Waals surface area contributed by atoms with Crippen LogP contribution in [-0.2, 0) is 56.3 Å². The van der Waals surface area contributed by atoms with Crippen LogP contribution in [0.2, 0.25) is 0 Å². The molecule has 12 rings (SSSR count). The normalized spacial score (nSPS) is 27.0. The number of nitrogens with two attached hydrogens (primary N) is 1. The van der Waals surface area contributed by atoms with E-state index in [4.69, 9.17) is 34.8 Å². The van der Waals surface area contributed by atoms with Crippen LogP contribution in [0.4, 0.5) is 10.9 Å². The molecule has 4 unspecified atom stereocenters. The highest BCUT2D eigenvalue weighted by molar-refractivity contribution is 7.22. The number of pyridine rings is 1. The topological polar surface area (TPSA) is 364 Å². The molecule has 2 aliphatic heterocycles. The molecule has 10 atom stereocenters. The molecule has 6 aliphatic rings. The second kappa shape index (κ2) is 26.3. The van der Waals surface area contributed by atoms with Gasteiger partial charge in [0.15, 0.2) is 16.9 Å². The van der Waals surface area contributed by atoms with Crippen molar-refractivity contribution in [3.05, 3.63) is 118 Å². The minimum Gasteiger partial charge on any atom is -0.479 e. The number of carboxylic acid groups (broad SMARTS) is 2. The number of aromatic carboxylic acids is 1. The number of unbranched alkanes of at least 4 members (excludes halogenated alkanes) is 1. The van der Waals surface area contributed by atoms with Gasteiger partial charge in [0.05, 0.1) is 41.3 Å². The molecule has 4 aliphatic carbocycles. The maximum absolute atomic E-state index is 14.1. The summed E-state index contributed by atoms with van der Waals surface area (Å²) in [6, 6.07) is 20.8. The Balaban J connectivity index is 0.759. The molecule has 12 N–H and O–H groups in total. The highest BCUT2D eigenvalue weighted by Crippen LogP contribution is 2.72. The van der Waals surface area contributed by atoms with Crippen LogP contribution >= 0.6 is 11.3 Å². The number of thiazole rings is 1. The van der Waals surface area contributed by atoms with E-state index >= 15 is 0 Å². The van der Waals surface area contributed by atoms with Crippen LogP contribution in [-0.4, -0.2) is 172 Å². The number of benzene rings is 3. The van der Waals surface area contributed by atoms with Crippen molar-refractivity contribution >= 4 is 56.3 Å². The molecule has 24 nitrogen and oxygen atoms in total. The number of nitrogens with zero attached hydrogens (tertiary/aromatic N) is 5. The number of fused-ring (bicyclic) bond motifs is 2. The number of anilines is 2. The summed E-state index contributed by atoms with van der Waals surface area (Å²) >= 11 is 1.40. The molecule has 0 radical (unpaired) electrons. The van der Waals surface area contributed by atoms with Gasteiger partial charge in [-0.1, -0.05) is 61.6 Å². The van der Waals surface area contributed by atoms with Gasteiger partial charge in [0, 0.05) is 60.5 Å². The lowest BCUT2D eigenvalue weighted by Crippen LogP contribution is -2.64. The smallest absolute Gasteiger partial charge is 0.355 e. The van der Waals surface area contributed by atoms with E-state index in [1.165, 1.54) is 11.3 Å². The number of aliphatic hydroxyl groups is 6. The summed E-state index contributed by atoms with van der Waals surface area (Å²) in [5, 5.41) is 94.6. The van der Waals surface area contributed by atoms with Crippen molar-refractivity contribution in [3.8, 4) is 16.9 Å². The fourth-order valence-electron chi connectivity index (χ4n) is 15.7. The van der Waals surface area contributed by atoms with E-state index in [-0.39, 0.29) is 58.7 Å². The summed E-state index contributed by atoms with van der Waals surface area (Å²) in [6.07, 6.45) is -3.29. The van der Waals surface area contributed by atoms with Crippen LogP contribution in [0, 0.1) is 23.2 Å². The van der Waals surface area contributed by atoms with Gasteiger partial charge >= 0.3 is 17.9 Å². The van der Waals surface area contributed by atoms with E-state index in [1.54, 1.807) is 36.5 Å². The number of carboxylic acids is 2. The van der Waals surface area contributed by atoms with Crippen molar-refractivity contribution in [3.63, 3.8) is 0 Å². The summed E-state index contributed by atoms with van der Waals surface area (Å²) in [6.45, 7) is 7.63. The molecule has 3 aromatic carbocycles. The van der Waals surface area contributed by atoms with Gasteiger partial charge < -0.3 is 75.8 Å². The first kappa shape index (κ1) is 64.5. The van der Waals surface area contributed by atoms with Gasteiger partial charge in [0.1, 0.15) is 48.6 Å². The Morgan fingerprint density at radius 1 is 0.878 bits per heavy atom. The average molecular weight is 1260 g/mol. The van der Waals surface area contributed by atoms with Gasteiger partial charge in [-0.25, -0.2) is 19.6 Å². The van der Waals surface area contributed by atoms with Crippen molar-refractivity contribution in [2.45, 2.75) is 166 Å². The summed E-state index contributed by atoms with van der Waals surface area (Å²) in [5.41, 5.74) is 10.8. The number of hydrogen-bond donors (Lipinski definition) is 11. The molecule has 90 heavy (non-hydrogen) atoms. The number of esters is 1. The molecule has 1 saturated heterocycles. The Hall–Kier alpha value is -7.01. The fourth-order valence-corrected chi connectivity index (χ4v) is 16.5. The van der Waals surface area contributed by atoms with Gasteiger partial charge in [-0.15, -0.1) is 0 Å². The summed E-state index contributed by atoms with van der Waals surface area (Å²) in [5.74, 6) is -3.36. The molecule has 4 bridgehead atoms. The molecule has 3 aromatic heterocycles. The first-order valence-corrected chi connectivity index (χ1v) is 31.5. The number of aryl methyl sites for hydroxylation is 1. The number of rotatable bonds is 26. The molecule has 4 saturated carbocycles. The predicted molar refractivity (Wildman–Crippen MR) is 330 cm³/mol. The Bertz CT molecular complexity index is 3580. The molecular formula is C65H80N8O16S. The summed E-state index contributed by atoms with van der Waals surface area (Å²) in [7, 11) is 0. The van der Waals surface area contributed by atoms with E-state index in [0.717, 1.165) is 84.0 Å². The molecule has 1 amide bonds. The molecule has 5 fully saturated rings. The second-order valence-electron chi connectivity index (χ2n) is 26.1. The number of ether oxygens (including phenoxy) is 4. The van der Waals surface area contributed by atoms with Crippen LogP contribution < -0.4 is 26.0 Å². The van der Waals surface area contributed by atoms with Gasteiger partial charge in [-0.2, -0.15) is 5.10 Å². The van der Waals surface area contributed by atoms with Crippen LogP contribution in [0.3, 0.4) is 0 Å². The zero-order chi connectivity index (χ0) is 63.9. The Labute approximate surface area is 524 Å². The maximum Gasteiger partial charge on any atom is 0.355 e. The Morgan fingerprint density at radius 2 is 1.66 bits per heavy atom. The summed E-state index contributed by atoms with van der Waals surface area (Å²) in [4.78, 5) is 64.3. The number of amides is 1. The predicted octanol–water partition coefficient (Wildman–Crippen LogP) is 4.87. The zero-order valence-electron chi connectivity index (χ0n) is 50.6. The monoisotopic (exact) mass is 1260 g/mol. The van der Waals surface area contributed by atoms with Crippen LogP contribution in [0.15, 0.2) is 79.0 Å². The third-order valence-corrected chi connectivity index (χ3v) is 19.7. The van der Waals surface area contributed by atoms with Crippen LogP contribution in [0.5, 0.6) is 5.75 Å². The van der Waals surface area contributed by atoms with E-state index in [0.29, 0.717) is 66.7 Å². The molecule has 482 valence electrons. The maximum atomic E-state index is 14.1. The number of aromatic nitrogens is 4. The highest BCUT2D eigenvalue weighted by Gasteiger charge is 2.66. The van der Waals surface area contributed by atoms with Gasteiger partial charge in [0.2, 0.25) is 6.29 Å². The zero-order valence-corrected chi connectivity index (χ0v) is 51.4. The first-order chi connectivity index (χ1) is 43.0. The molecular weight excluding hydrogens is 1180 g/mol. The van der Waals surface area contributed by atoms with Crippen molar-refractivity contribution in [2.75, 3.05) is 43.1 Å². The van der Waals surface area contributed by atoms with Crippen molar-refractivity contribution in [1.82, 2.24) is 25.1 Å². The number of aliphatic hydroxyl groups excluding tert-OH is 6. The van der Waals surface area contributed by atoms with Crippen molar-refractivity contribution in [1.29, 1.82) is 0 Å². The highest BCUT2D eigenvalue weighted by atomic mass is 32.1. The Kier molecular flexibility index (Phi) is 18.9. The summed E-state index contributed by atoms with van der Waals surface area (Å²) < 4.78 is 27.2. The van der Waals surface area contributed by atoms with Gasteiger partial charge in [0.25, 0.3) is 5.91 Å².